The molecule has 1 N–H and O–H groups in total. The number of carbonyl (C=O) groups is 2. The molecule has 1 aliphatic rings. The molecule has 2 aromatic rings. The zero-order valence-electron chi connectivity index (χ0n) is 14.8. The molecule has 0 atom stereocenters. The van der Waals surface area contributed by atoms with E-state index in [1.807, 2.05) is 6.07 Å². The molecule has 1 aromatic carbocycles. The normalized spacial score (nSPS) is 14.3. The number of carbonyl (C=O) groups excluding carboxylic acids is 2. The van der Waals surface area contributed by atoms with Crippen LogP contribution in [0.1, 0.15) is 28.8 Å². The Balaban J connectivity index is 1.45. The molecule has 0 saturated carbocycles. The van der Waals surface area contributed by atoms with Gasteiger partial charge in [-0.25, -0.2) is 4.98 Å². The molecule has 2 heterocycles. The van der Waals surface area contributed by atoms with E-state index >= 15 is 0 Å². The van der Waals surface area contributed by atoms with Gasteiger partial charge in [-0.15, -0.1) is 0 Å². The predicted molar refractivity (Wildman–Crippen MR) is 98.0 cm³/mol. The van der Waals surface area contributed by atoms with Gasteiger partial charge < -0.3 is 15.0 Å². The summed E-state index contributed by atoms with van der Waals surface area (Å²) in [7, 11) is 0. The van der Waals surface area contributed by atoms with Crippen LogP contribution in [-0.4, -0.2) is 47.4 Å². The highest BCUT2D eigenvalue weighted by molar-refractivity contribution is 5.96. The first-order chi connectivity index (χ1) is 13.2. The number of benzene rings is 1. The largest absolute Gasteiger partial charge is 0.473 e. The van der Waals surface area contributed by atoms with Gasteiger partial charge in [0.1, 0.15) is 17.7 Å². The summed E-state index contributed by atoms with van der Waals surface area (Å²) in [6.45, 7) is 1.05. The molecule has 0 aliphatic carbocycles. The summed E-state index contributed by atoms with van der Waals surface area (Å²) in [5.74, 6) is -0.0467. The van der Waals surface area contributed by atoms with Gasteiger partial charge in [0.05, 0.1) is 6.54 Å². The van der Waals surface area contributed by atoms with Crippen LogP contribution >= 0.6 is 0 Å². The van der Waals surface area contributed by atoms with Gasteiger partial charge in [-0.3, -0.25) is 9.59 Å². The minimum Gasteiger partial charge on any atom is -0.473 e. The van der Waals surface area contributed by atoms with E-state index < -0.39 is 0 Å². The molecule has 1 aliphatic heterocycles. The minimum atomic E-state index is -0.263. The third kappa shape index (κ3) is 4.82. The Kier molecular flexibility index (Phi) is 6.00. The summed E-state index contributed by atoms with van der Waals surface area (Å²) in [6, 6.07) is 14.2. The Morgan fingerprint density at radius 2 is 1.93 bits per heavy atom. The first kappa shape index (κ1) is 18.4. The molecule has 27 heavy (non-hydrogen) atoms. The Morgan fingerprint density at radius 3 is 2.63 bits per heavy atom. The first-order valence-electron chi connectivity index (χ1n) is 8.80. The van der Waals surface area contributed by atoms with Crippen LogP contribution in [0, 0.1) is 11.3 Å². The number of amides is 2. The van der Waals surface area contributed by atoms with Crippen LogP contribution < -0.4 is 10.1 Å². The second-order valence-electron chi connectivity index (χ2n) is 6.21. The number of piperidine rings is 1. The standard InChI is InChI=1S/C20H20N4O3/c21-13-16-7-4-10-22-20(16)27-17-8-11-24(12-9-17)18(25)14-23-19(26)15-5-2-1-3-6-15/h1-7,10,17H,8-9,11-12,14H2,(H,23,26). The molecule has 2 amide bonds. The third-order valence-electron chi connectivity index (χ3n) is 4.40. The fourth-order valence-electron chi connectivity index (χ4n) is 2.91. The molecule has 0 spiro atoms. The van der Waals surface area contributed by atoms with Gasteiger partial charge >= 0.3 is 0 Å². The highest BCUT2D eigenvalue weighted by Crippen LogP contribution is 2.20. The number of rotatable bonds is 5. The summed E-state index contributed by atoms with van der Waals surface area (Å²) < 4.78 is 5.82. The van der Waals surface area contributed by atoms with E-state index in [4.69, 9.17) is 10.00 Å². The lowest BCUT2D eigenvalue weighted by atomic mass is 10.1. The van der Waals surface area contributed by atoms with E-state index in [0.717, 1.165) is 0 Å². The lowest BCUT2D eigenvalue weighted by molar-refractivity contribution is -0.131. The van der Waals surface area contributed by atoms with E-state index in [9.17, 15) is 9.59 Å². The van der Waals surface area contributed by atoms with E-state index in [2.05, 4.69) is 16.4 Å². The number of likely N-dealkylation sites (tertiary alicyclic amines) is 1. The molecule has 0 bridgehead atoms. The van der Waals surface area contributed by atoms with Crippen molar-refractivity contribution in [3.8, 4) is 11.9 Å². The average molecular weight is 364 g/mol. The molecule has 0 unspecified atom stereocenters. The number of hydrogen-bond acceptors (Lipinski definition) is 5. The van der Waals surface area contributed by atoms with Crippen molar-refractivity contribution in [3.05, 3.63) is 59.8 Å². The quantitative estimate of drug-likeness (QED) is 0.872. The number of nitriles is 1. The fraction of sp³-hybridized carbons (Fsp3) is 0.300. The van der Waals surface area contributed by atoms with Gasteiger partial charge in [0.15, 0.2) is 0 Å². The monoisotopic (exact) mass is 364 g/mol. The van der Waals surface area contributed by atoms with Crippen molar-refractivity contribution in [1.29, 1.82) is 5.26 Å². The molecule has 7 nitrogen and oxygen atoms in total. The highest BCUT2D eigenvalue weighted by Gasteiger charge is 2.25. The van der Waals surface area contributed by atoms with E-state index in [0.29, 0.717) is 42.9 Å². The predicted octanol–water partition coefficient (Wildman–Crippen LogP) is 1.75. The van der Waals surface area contributed by atoms with Gasteiger partial charge in [-0.05, 0) is 24.3 Å². The smallest absolute Gasteiger partial charge is 0.251 e. The van der Waals surface area contributed by atoms with E-state index in [1.54, 1.807) is 47.5 Å². The number of pyridine rings is 1. The molecule has 3 rings (SSSR count). The highest BCUT2D eigenvalue weighted by atomic mass is 16.5. The van der Waals surface area contributed by atoms with Gasteiger partial charge in [0.2, 0.25) is 11.8 Å². The van der Waals surface area contributed by atoms with E-state index in [-0.39, 0.29) is 24.5 Å². The zero-order valence-corrected chi connectivity index (χ0v) is 14.8. The van der Waals surface area contributed by atoms with Crippen molar-refractivity contribution < 1.29 is 14.3 Å². The SMILES string of the molecule is N#Cc1cccnc1OC1CCN(C(=O)CNC(=O)c2ccccc2)CC1. The summed E-state index contributed by atoms with van der Waals surface area (Å²) in [4.78, 5) is 30.1. The lowest BCUT2D eigenvalue weighted by Crippen LogP contribution is -2.46. The number of ether oxygens (including phenoxy) is 1. The Morgan fingerprint density at radius 1 is 1.19 bits per heavy atom. The molecule has 1 aromatic heterocycles. The third-order valence-corrected chi connectivity index (χ3v) is 4.40. The van der Waals surface area contributed by atoms with Crippen LogP contribution in [0.25, 0.3) is 0 Å². The summed E-state index contributed by atoms with van der Waals surface area (Å²) in [5, 5.41) is 11.7. The molecule has 7 heteroatoms. The second kappa shape index (κ2) is 8.81. The van der Waals surface area contributed by atoms with Crippen molar-refractivity contribution in [2.75, 3.05) is 19.6 Å². The Bertz CT molecular complexity index is 840. The second-order valence-corrected chi connectivity index (χ2v) is 6.21. The maximum absolute atomic E-state index is 12.3. The summed E-state index contributed by atoms with van der Waals surface area (Å²) in [6.07, 6.45) is 2.80. The molecular formula is C20H20N4O3. The maximum Gasteiger partial charge on any atom is 0.251 e. The van der Waals surface area contributed by atoms with Crippen molar-refractivity contribution in [2.45, 2.75) is 18.9 Å². The van der Waals surface area contributed by atoms with Crippen LogP contribution in [-0.2, 0) is 4.79 Å². The van der Waals surface area contributed by atoms with Gasteiger partial charge in [-0.1, -0.05) is 18.2 Å². The van der Waals surface area contributed by atoms with Crippen LogP contribution in [0.3, 0.4) is 0 Å². The number of aromatic nitrogens is 1. The van der Waals surface area contributed by atoms with E-state index in [1.165, 1.54) is 0 Å². The van der Waals surface area contributed by atoms with Gasteiger partial charge in [-0.2, -0.15) is 5.26 Å². The number of hydrogen-bond donors (Lipinski definition) is 1. The van der Waals surface area contributed by atoms with Crippen molar-refractivity contribution in [2.24, 2.45) is 0 Å². The maximum atomic E-state index is 12.3. The Hall–Kier alpha value is -3.40. The summed E-state index contributed by atoms with van der Waals surface area (Å²) in [5.41, 5.74) is 0.931. The Labute approximate surface area is 157 Å². The van der Waals surface area contributed by atoms with Crippen molar-refractivity contribution in [3.63, 3.8) is 0 Å². The summed E-state index contributed by atoms with van der Waals surface area (Å²) >= 11 is 0. The molecular weight excluding hydrogens is 344 g/mol. The first-order valence-corrected chi connectivity index (χ1v) is 8.80. The van der Waals surface area contributed by atoms with Gasteiger partial charge in [0, 0.05) is 37.7 Å². The zero-order chi connectivity index (χ0) is 19.1. The van der Waals surface area contributed by atoms with Crippen molar-refractivity contribution in [1.82, 2.24) is 15.2 Å². The van der Waals surface area contributed by atoms with Crippen molar-refractivity contribution >= 4 is 11.8 Å². The lowest BCUT2D eigenvalue weighted by Gasteiger charge is -2.32. The van der Waals surface area contributed by atoms with Crippen LogP contribution in [0.5, 0.6) is 5.88 Å². The van der Waals surface area contributed by atoms with Crippen LogP contribution in [0.4, 0.5) is 0 Å². The topological polar surface area (TPSA) is 95.3 Å². The molecule has 138 valence electrons. The number of nitrogens with zero attached hydrogens (tertiary/aromatic N) is 3. The molecule has 0 radical (unpaired) electrons. The molecule has 1 saturated heterocycles. The van der Waals surface area contributed by atoms with Crippen LogP contribution in [0.15, 0.2) is 48.7 Å². The van der Waals surface area contributed by atoms with Gasteiger partial charge in [0.25, 0.3) is 5.91 Å². The average Bonchev–Trinajstić information content (AvgIpc) is 2.73. The minimum absolute atomic E-state index is 0.0297. The fourth-order valence-corrected chi connectivity index (χ4v) is 2.91. The molecule has 1 fully saturated rings. The van der Waals surface area contributed by atoms with Crippen LogP contribution in [0.2, 0.25) is 0 Å². The number of nitrogens with one attached hydrogen (secondary N) is 1.